The molecular weight excluding hydrogens is 446 g/mol. The molecule has 0 radical (unpaired) electrons. The van der Waals surface area contributed by atoms with Crippen molar-refractivity contribution in [3.8, 4) is 5.75 Å². The Morgan fingerprint density at radius 1 is 1.09 bits per heavy atom. The molecule has 3 aromatic rings. The highest BCUT2D eigenvalue weighted by Gasteiger charge is 2.25. The first kappa shape index (κ1) is 22.4. The molecule has 7 nitrogen and oxygen atoms in total. The number of aryl methyl sites for hydroxylation is 1. The molecule has 1 saturated heterocycles. The second kappa shape index (κ2) is 9.81. The molecule has 0 unspecified atom stereocenters. The van der Waals surface area contributed by atoms with Crippen molar-refractivity contribution < 1.29 is 17.9 Å². The normalized spacial score (nSPS) is 14.8. The summed E-state index contributed by atoms with van der Waals surface area (Å²) >= 11 is 1.55. The van der Waals surface area contributed by atoms with E-state index < -0.39 is 10.0 Å². The SMILES string of the molecule is Cc1nc(COc2ccccc2C(=O)Nc2ccc(S(=O)(=O)N3CCCCC3)cc2)cs1. The Morgan fingerprint density at radius 2 is 1.81 bits per heavy atom. The number of amides is 1. The lowest BCUT2D eigenvalue weighted by Gasteiger charge is -2.25. The van der Waals surface area contributed by atoms with Gasteiger partial charge in [-0.25, -0.2) is 13.4 Å². The van der Waals surface area contributed by atoms with Gasteiger partial charge in [0.15, 0.2) is 0 Å². The Hall–Kier alpha value is -2.75. The van der Waals surface area contributed by atoms with Gasteiger partial charge in [0, 0.05) is 24.2 Å². The van der Waals surface area contributed by atoms with Gasteiger partial charge in [0.2, 0.25) is 10.0 Å². The number of benzene rings is 2. The van der Waals surface area contributed by atoms with Gasteiger partial charge in [-0.3, -0.25) is 4.79 Å². The third-order valence-electron chi connectivity index (χ3n) is 5.24. The van der Waals surface area contributed by atoms with Crippen LogP contribution in [0.25, 0.3) is 0 Å². The number of piperidine rings is 1. The van der Waals surface area contributed by atoms with Gasteiger partial charge < -0.3 is 10.1 Å². The lowest BCUT2D eigenvalue weighted by Crippen LogP contribution is -2.35. The van der Waals surface area contributed by atoms with Gasteiger partial charge in [0.05, 0.1) is 21.2 Å². The molecule has 1 aliphatic heterocycles. The molecule has 9 heteroatoms. The van der Waals surface area contributed by atoms with Crippen LogP contribution in [0.1, 0.15) is 40.3 Å². The number of hydrogen-bond donors (Lipinski definition) is 1. The Labute approximate surface area is 192 Å². The number of nitrogens with zero attached hydrogens (tertiary/aromatic N) is 2. The molecule has 1 aliphatic rings. The summed E-state index contributed by atoms with van der Waals surface area (Å²) in [5.41, 5.74) is 1.72. The number of nitrogens with one attached hydrogen (secondary N) is 1. The molecule has 2 heterocycles. The monoisotopic (exact) mass is 471 g/mol. The Balaban J connectivity index is 1.44. The zero-order valence-electron chi connectivity index (χ0n) is 17.8. The maximum absolute atomic E-state index is 12.8. The zero-order valence-corrected chi connectivity index (χ0v) is 19.4. The predicted molar refractivity (Wildman–Crippen MR) is 125 cm³/mol. The van der Waals surface area contributed by atoms with Crippen LogP contribution < -0.4 is 10.1 Å². The second-order valence-corrected chi connectivity index (χ2v) is 10.6. The van der Waals surface area contributed by atoms with E-state index in [4.69, 9.17) is 4.74 Å². The maximum Gasteiger partial charge on any atom is 0.259 e. The third-order valence-corrected chi connectivity index (χ3v) is 7.97. The van der Waals surface area contributed by atoms with Crippen LogP contribution in [0.2, 0.25) is 0 Å². The number of sulfonamides is 1. The van der Waals surface area contributed by atoms with Crippen LogP contribution in [0.4, 0.5) is 5.69 Å². The van der Waals surface area contributed by atoms with E-state index >= 15 is 0 Å². The average Bonchev–Trinajstić information content (AvgIpc) is 3.24. The van der Waals surface area contributed by atoms with Crippen molar-refractivity contribution in [3.05, 3.63) is 70.2 Å². The molecule has 1 N–H and O–H groups in total. The summed E-state index contributed by atoms with van der Waals surface area (Å²) in [6, 6.07) is 13.3. The van der Waals surface area contributed by atoms with Crippen molar-refractivity contribution in [2.45, 2.75) is 37.7 Å². The van der Waals surface area contributed by atoms with Crippen LogP contribution in [-0.2, 0) is 16.6 Å². The molecular formula is C23H25N3O4S2. The van der Waals surface area contributed by atoms with Crippen LogP contribution in [0.5, 0.6) is 5.75 Å². The second-order valence-electron chi connectivity index (χ2n) is 7.59. The number of ether oxygens (including phenoxy) is 1. The first-order chi connectivity index (χ1) is 15.4. The summed E-state index contributed by atoms with van der Waals surface area (Å²) in [7, 11) is -3.50. The fourth-order valence-electron chi connectivity index (χ4n) is 3.57. The molecule has 2 aromatic carbocycles. The van der Waals surface area contributed by atoms with Gasteiger partial charge in [0.1, 0.15) is 12.4 Å². The molecule has 4 rings (SSSR count). The number of hydrogen-bond acceptors (Lipinski definition) is 6. The zero-order chi connectivity index (χ0) is 22.6. The van der Waals surface area contributed by atoms with E-state index in [1.807, 2.05) is 12.3 Å². The van der Waals surface area contributed by atoms with Crippen LogP contribution in [0.15, 0.2) is 58.8 Å². The first-order valence-electron chi connectivity index (χ1n) is 10.5. The van der Waals surface area contributed by atoms with Gasteiger partial charge in [-0.15, -0.1) is 11.3 Å². The van der Waals surface area contributed by atoms with Crippen LogP contribution in [-0.4, -0.2) is 36.7 Å². The number of carbonyl (C=O) groups is 1. The molecule has 0 bridgehead atoms. The number of anilines is 1. The number of para-hydroxylation sites is 1. The highest BCUT2D eigenvalue weighted by Crippen LogP contribution is 2.24. The van der Waals surface area contributed by atoms with Gasteiger partial charge in [-0.1, -0.05) is 18.6 Å². The summed E-state index contributed by atoms with van der Waals surface area (Å²) in [6.45, 7) is 3.31. The Bertz CT molecular complexity index is 1180. The average molecular weight is 472 g/mol. The number of carbonyl (C=O) groups excluding carboxylic acids is 1. The summed E-state index contributed by atoms with van der Waals surface area (Å²) in [6.07, 6.45) is 2.83. The highest BCUT2D eigenvalue weighted by atomic mass is 32.2. The predicted octanol–water partition coefficient (Wildman–Crippen LogP) is 4.46. The Kier molecular flexibility index (Phi) is 6.88. The van der Waals surface area contributed by atoms with Crippen LogP contribution >= 0.6 is 11.3 Å². The minimum Gasteiger partial charge on any atom is -0.486 e. The Morgan fingerprint density at radius 3 is 2.50 bits per heavy atom. The van der Waals surface area contributed by atoms with Gasteiger partial charge in [-0.05, 0) is 56.2 Å². The lowest BCUT2D eigenvalue weighted by molar-refractivity contribution is 0.102. The summed E-state index contributed by atoms with van der Waals surface area (Å²) in [5.74, 6) is 0.127. The van der Waals surface area contributed by atoms with Crippen molar-refractivity contribution in [2.75, 3.05) is 18.4 Å². The van der Waals surface area contributed by atoms with E-state index in [1.54, 1.807) is 47.7 Å². The van der Waals surface area contributed by atoms with E-state index in [-0.39, 0.29) is 17.4 Å². The van der Waals surface area contributed by atoms with Gasteiger partial charge >= 0.3 is 0 Å². The standard InChI is InChI=1S/C23H25N3O4S2/c1-17-24-19(16-31-17)15-30-22-8-4-3-7-21(22)23(27)25-18-9-11-20(12-10-18)32(28,29)26-13-5-2-6-14-26/h3-4,7-12,16H,2,5-6,13-15H2,1H3,(H,25,27). The quantitative estimate of drug-likeness (QED) is 0.550. The molecule has 168 valence electrons. The van der Waals surface area contributed by atoms with Crippen molar-refractivity contribution in [3.63, 3.8) is 0 Å². The molecule has 1 fully saturated rings. The van der Waals surface area contributed by atoms with Crippen molar-refractivity contribution in [1.29, 1.82) is 0 Å². The lowest BCUT2D eigenvalue weighted by atomic mass is 10.2. The van der Waals surface area contributed by atoms with E-state index in [2.05, 4.69) is 10.3 Å². The van der Waals surface area contributed by atoms with Crippen LogP contribution in [0, 0.1) is 6.92 Å². The topological polar surface area (TPSA) is 88.6 Å². The third kappa shape index (κ3) is 5.17. The fourth-order valence-corrected chi connectivity index (χ4v) is 5.68. The maximum atomic E-state index is 12.8. The van der Waals surface area contributed by atoms with Crippen molar-refractivity contribution >= 4 is 33.0 Å². The largest absolute Gasteiger partial charge is 0.486 e. The number of aromatic nitrogens is 1. The van der Waals surface area contributed by atoms with E-state index in [0.717, 1.165) is 30.0 Å². The van der Waals surface area contributed by atoms with Crippen molar-refractivity contribution in [2.24, 2.45) is 0 Å². The molecule has 0 aliphatic carbocycles. The molecule has 0 atom stereocenters. The van der Waals surface area contributed by atoms with Gasteiger partial charge in [0.25, 0.3) is 5.91 Å². The van der Waals surface area contributed by atoms with Crippen molar-refractivity contribution in [1.82, 2.24) is 9.29 Å². The molecule has 0 saturated carbocycles. The van der Waals surface area contributed by atoms with Crippen LogP contribution in [0.3, 0.4) is 0 Å². The molecule has 0 spiro atoms. The highest BCUT2D eigenvalue weighted by molar-refractivity contribution is 7.89. The molecule has 1 aromatic heterocycles. The van der Waals surface area contributed by atoms with Gasteiger partial charge in [-0.2, -0.15) is 4.31 Å². The fraction of sp³-hybridized carbons (Fsp3) is 0.304. The minimum absolute atomic E-state index is 0.236. The molecule has 32 heavy (non-hydrogen) atoms. The van der Waals surface area contributed by atoms with E-state index in [0.29, 0.717) is 30.1 Å². The minimum atomic E-state index is -3.50. The first-order valence-corrected chi connectivity index (χ1v) is 12.8. The summed E-state index contributed by atoms with van der Waals surface area (Å²) < 4.78 is 32.9. The summed E-state index contributed by atoms with van der Waals surface area (Å²) in [5, 5.41) is 5.70. The van der Waals surface area contributed by atoms with E-state index in [1.165, 1.54) is 16.4 Å². The summed E-state index contributed by atoms with van der Waals surface area (Å²) in [4.78, 5) is 17.5. The van der Waals surface area contributed by atoms with E-state index in [9.17, 15) is 13.2 Å². The number of rotatable bonds is 7. The number of thiazole rings is 1. The smallest absolute Gasteiger partial charge is 0.259 e. The molecule has 1 amide bonds.